The van der Waals surface area contributed by atoms with E-state index in [1.165, 1.54) is 12.8 Å². The van der Waals surface area contributed by atoms with Crippen molar-refractivity contribution in [1.29, 1.82) is 0 Å². The molecule has 0 saturated carbocycles. The maximum atomic E-state index is 5.62. The highest BCUT2D eigenvalue weighted by Gasteiger charge is 2.14. The van der Waals surface area contributed by atoms with E-state index >= 15 is 0 Å². The van der Waals surface area contributed by atoms with Gasteiger partial charge in [0.2, 0.25) is 0 Å². The lowest BCUT2D eigenvalue weighted by Crippen LogP contribution is -2.25. The van der Waals surface area contributed by atoms with Crippen molar-refractivity contribution < 1.29 is 0 Å². The van der Waals surface area contributed by atoms with Crippen LogP contribution in [-0.4, -0.2) is 11.0 Å². The summed E-state index contributed by atoms with van der Waals surface area (Å²) < 4.78 is 1.01. The highest BCUT2D eigenvalue weighted by molar-refractivity contribution is 9.10. The molecule has 100 valence electrons. The molecule has 0 spiro atoms. The predicted molar refractivity (Wildman–Crippen MR) is 87.2 cm³/mol. The predicted octanol–water partition coefficient (Wildman–Crippen LogP) is 4.32. The number of halogens is 1. The van der Waals surface area contributed by atoms with Gasteiger partial charge >= 0.3 is 0 Å². The van der Waals surface area contributed by atoms with Gasteiger partial charge < -0.3 is 11.1 Å². The Hall–Kier alpha value is -0.610. The quantitative estimate of drug-likeness (QED) is 0.764. The normalized spacial score (nSPS) is 12.5. The van der Waals surface area contributed by atoms with Gasteiger partial charge in [-0.3, -0.25) is 0 Å². The van der Waals surface area contributed by atoms with Gasteiger partial charge in [-0.25, -0.2) is 0 Å². The molecule has 1 atom stereocenters. The van der Waals surface area contributed by atoms with Gasteiger partial charge in [0.1, 0.15) is 4.99 Å². The molecule has 0 aliphatic heterocycles. The van der Waals surface area contributed by atoms with Crippen LogP contribution < -0.4 is 11.1 Å². The molecule has 0 aromatic heterocycles. The van der Waals surface area contributed by atoms with Crippen molar-refractivity contribution in [1.82, 2.24) is 0 Å². The second-order valence-corrected chi connectivity index (χ2v) is 5.86. The van der Waals surface area contributed by atoms with Crippen LogP contribution in [0.25, 0.3) is 0 Å². The van der Waals surface area contributed by atoms with E-state index in [1.54, 1.807) is 0 Å². The summed E-state index contributed by atoms with van der Waals surface area (Å²) in [7, 11) is 0. The average Bonchev–Trinajstić information content (AvgIpc) is 2.33. The monoisotopic (exact) mass is 328 g/mol. The fourth-order valence-corrected chi connectivity index (χ4v) is 2.76. The Kier molecular flexibility index (Phi) is 6.09. The zero-order valence-corrected chi connectivity index (χ0v) is 13.6. The van der Waals surface area contributed by atoms with Crippen molar-refractivity contribution in [3.63, 3.8) is 0 Å². The number of benzene rings is 1. The summed E-state index contributed by atoms with van der Waals surface area (Å²) in [6.45, 7) is 6.69. The summed E-state index contributed by atoms with van der Waals surface area (Å²) in [5, 5.41) is 3.55. The Morgan fingerprint density at radius 1 is 1.39 bits per heavy atom. The molecular weight excluding hydrogens is 308 g/mol. The summed E-state index contributed by atoms with van der Waals surface area (Å²) in [6, 6.07) is 6.39. The lowest BCUT2D eigenvalue weighted by Gasteiger charge is -2.24. The highest BCUT2D eigenvalue weighted by Crippen LogP contribution is 2.26. The van der Waals surface area contributed by atoms with Gasteiger partial charge in [0.15, 0.2) is 0 Å². The number of hydrogen-bond acceptors (Lipinski definition) is 2. The van der Waals surface area contributed by atoms with E-state index in [1.807, 2.05) is 18.2 Å². The molecule has 1 rings (SSSR count). The van der Waals surface area contributed by atoms with Crippen molar-refractivity contribution in [3.8, 4) is 0 Å². The SMILES string of the molecule is CCC(CC)C(C)Nc1ccc(C(N)=S)cc1Br. The Labute approximate surface area is 123 Å². The Morgan fingerprint density at radius 3 is 2.44 bits per heavy atom. The standard InChI is InChI=1S/C14H21BrN2S/c1-4-10(5-2)9(3)17-13-7-6-11(14(16)18)8-12(13)15/h6-10,17H,4-5H2,1-3H3,(H2,16,18). The van der Waals surface area contributed by atoms with Crippen LogP contribution in [0.15, 0.2) is 22.7 Å². The largest absolute Gasteiger partial charge is 0.389 e. The molecular formula is C14H21BrN2S. The zero-order valence-electron chi connectivity index (χ0n) is 11.2. The third kappa shape index (κ3) is 3.95. The lowest BCUT2D eigenvalue weighted by atomic mass is 9.95. The van der Waals surface area contributed by atoms with Crippen LogP contribution >= 0.6 is 28.1 Å². The molecule has 1 aromatic carbocycles. The van der Waals surface area contributed by atoms with E-state index in [0.29, 0.717) is 16.9 Å². The molecule has 4 heteroatoms. The van der Waals surface area contributed by atoms with E-state index < -0.39 is 0 Å². The fraction of sp³-hybridized carbons (Fsp3) is 0.500. The molecule has 0 radical (unpaired) electrons. The van der Waals surface area contributed by atoms with Gasteiger partial charge in [0.05, 0.1) is 0 Å². The average molecular weight is 329 g/mol. The maximum absolute atomic E-state index is 5.62. The first-order valence-electron chi connectivity index (χ1n) is 6.35. The molecule has 0 saturated heterocycles. The number of nitrogens with one attached hydrogen (secondary N) is 1. The van der Waals surface area contributed by atoms with Crippen LogP contribution in [-0.2, 0) is 0 Å². The molecule has 2 nitrogen and oxygen atoms in total. The first kappa shape index (κ1) is 15.4. The van der Waals surface area contributed by atoms with Crippen LogP contribution in [0, 0.1) is 5.92 Å². The molecule has 0 amide bonds. The minimum absolute atomic E-state index is 0.426. The van der Waals surface area contributed by atoms with Gasteiger partial charge in [-0.2, -0.15) is 0 Å². The van der Waals surface area contributed by atoms with Crippen LogP contribution in [0.5, 0.6) is 0 Å². The van der Waals surface area contributed by atoms with Gasteiger partial charge in [0.25, 0.3) is 0 Å². The number of anilines is 1. The first-order chi connectivity index (χ1) is 8.49. The summed E-state index contributed by atoms with van der Waals surface area (Å²) in [6.07, 6.45) is 2.38. The van der Waals surface area contributed by atoms with E-state index in [2.05, 4.69) is 42.0 Å². The second-order valence-electron chi connectivity index (χ2n) is 4.57. The van der Waals surface area contributed by atoms with Crippen molar-refractivity contribution in [2.45, 2.75) is 39.7 Å². The molecule has 0 aliphatic rings. The number of rotatable bonds is 6. The molecule has 0 aliphatic carbocycles. The Morgan fingerprint density at radius 2 is 2.00 bits per heavy atom. The molecule has 0 bridgehead atoms. The maximum Gasteiger partial charge on any atom is 0.104 e. The van der Waals surface area contributed by atoms with E-state index in [-0.39, 0.29) is 0 Å². The molecule has 1 aromatic rings. The molecule has 3 N–H and O–H groups in total. The minimum Gasteiger partial charge on any atom is -0.389 e. The van der Waals surface area contributed by atoms with E-state index in [0.717, 1.165) is 15.7 Å². The Balaban J connectivity index is 2.82. The molecule has 0 fully saturated rings. The van der Waals surface area contributed by atoms with Crippen LogP contribution in [0.3, 0.4) is 0 Å². The summed E-state index contributed by atoms with van der Waals surface area (Å²) in [5.74, 6) is 0.687. The first-order valence-corrected chi connectivity index (χ1v) is 7.55. The molecule has 18 heavy (non-hydrogen) atoms. The van der Waals surface area contributed by atoms with E-state index in [4.69, 9.17) is 18.0 Å². The van der Waals surface area contributed by atoms with E-state index in [9.17, 15) is 0 Å². The topological polar surface area (TPSA) is 38.0 Å². The zero-order chi connectivity index (χ0) is 13.7. The smallest absolute Gasteiger partial charge is 0.104 e. The Bertz CT molecular complexity index is 416. The van der Waals surface area contributed by atoms with Crippen molar-refractivity contribution in [2.75, 3.05) is 5.32 Å². The third-order valence-electron chi connectivity index (χ3n) is 3.39. The summed E-state index contributed by atoms with van der Waals surface area (Å²) in [4.78, 5) is 0.426. The van der Waals surface area contributed by atoms with Crippen molar-refractivity contribution >= 4 is 38.8 Å². The van der Waals surface area contributed by atoms with Crippen LogP contribution in [0.1, 0.15) is 39.2 Å². The summed E-state index contributed by atoms with van der Waals surface area (Å²) in [5.41, 5.74) is 7.59. The second kappa shape index (κ2) is 7.10. The van der Waals surface area contributed by atoms with Crippen LogP contribution in [0.2, 0.25) is 0 Å². The molecule has 0 heterocycles. The highest BCUT2D eigenvalue weighted by atomic mass is 79.9. The molecule has 1 unspecified atom stereocenters. The van der Waals surface area contributed by atoms with Gasteiger partial charge in [-0.05, 0) is 47.0 Å². The van der Waals surface area contributed by atoms with Crippen molar-refractivity contribution in [3.05, 3.63) is 28.2 Å². The summed E-state index contributed by atoms with van der Waals surface area (Å²) >= 11 is 8.53. The fourth-order valence-electron chi connectivity index (χ4n) is 2.14. The number of thiocarbonyl (C=S) groups is 1. The van der Waals surface area contributed by atoms with Gasteiger partial charge in [-0.15, -0.1) is 0 Å². The lowest BCUT2D eigenvalue weighted by molar-refractivity contribution is 0.438. The van der Waals surface area contributed by atoms with Gasteiger partial charge in [-0.1, -0.05) is 38.9 Å². The minimum atomic E-state index is 0.426. The van der Waals surface area contributed by atoms with Gasteiger partial charge in [0, 0.05) is 21.8 Å². The number of nitrogens with two attached hydrogens (primary N) is 1. The third-order valence-corrected chi connectivity index (χ3v) is 4.28. The van der Waals surface area contributed by atoms with Crippen molar-refractivity contribution in [2.24, 2.45) is 11.7 Å². The van der Waals surface area contributed by atoms with Crippen LogP contribution in [0.4, 0.5) is 5.69 Å². The number of hydrogen-bond donors (Lipinski definition) is 2.